The normalized spacial score (nSPS) is 19.4. The molecule has 1 heterocycles. The minimum atomic E-state index is -0.776. The molecule has 1 aliphatic carbocycles. The third-order valence-electron chi connectivity index (χ3n) is 6.70. The number of rotatable bonds is 8. The molecule has 2 aromatic carbocycles. The van der Waals surface area contributed by atoms with Crippen molar-refractivity contribution in [3.63, 3.8) is 0 Å². The van der Waals surface area contributed by atoms with E-state index in [1.807, 2.05) is 13.0 Å². The first-order chi connectivity index (χ1) is 16.5. The second-order valence-electron chi connectivity index (χ2n) is 9.07. The summed E-state index contributed by atoms with van der Waals surface area (Å²) in [5, 5.41) is 0. The van der Waals surface area contributed by atoms with Gasteiger partial charge >= 0.3 is 0 Å². The van der Waals surface area contributed by atoms with E-state index in [-0.39, 0.29) is 36.8 Å². The largest absolute Gasteiger partial charge is 0.493 e. The predicted octanol–water partition coefficient (Wildman–Crippen LogP) is 4.87. The number of amides is 2. The standard InChI is InChI=1S/C27H33FN2O4/c1-3-15-34-23-14-11-20(16-24(23)33-2)26-27(32)29(22-7-5-4-6-8-22)18-25(31)30(26)17-19-9-12-21(28)13-10-19/h9-14,16,22,26H,3-8,15,17-18H2,1-2H3/t26-/m0/s1. The van der Waals surface area contributed by atoms with E-state index in [2.05, 4.69) is 0 Å². The highest BCUT2D eigenvalue weighted by atomic mass is 19.1. The minimum absolute atomic E-state index is 0.0714. The molecule has 2 amide bonds. The van der Waals surface area contributed by atoms with Crippen LogP contribution in [0.15, 0.2) is 42.5 Å². The third-order valence-corrected chi connectivity index (χ3v) is 6.70. The fourth-order valence-electron chi connectivity index (χ4n) is 4.92. The average Bonchev–Trinajstić information content (AvgIpc) is 2.86. The Kier molecular flexibility index (Phi) is 7.70. The summed E-state index contributed by atoms with van der Waals surface area (Å²) >= 11 is 0. The third kappa shape index (κ3) is 5.18. The minimum Gasteiger partial charge on any atom is -0.493 e. The Bertz CT molecular complexity index is 1000. The lowest BCUT2D eigenvalue weighted by atomic mass is 9.91. The van der Waals surface area contributed by atoms with Gasteiger partial charge in [0.2, 0.25) is 5.91 Å². The highest BCUT2D eigenvalue weighted by Crippen LogP contribution is 2.37. The molecule has 6 nitrogen and oxygen atoms in total. The lowest BCUT2D eigenvalue weighted by Crippen LogP contribution is -2.58. The van der Waals surface area contributed by atoms with Gasteiger partial charge in [-0.05, 0) is 54.7 Å². The topological polar surface area (TPSA) is 59.1 Å². The Balaban J connectivity index is 1.69. The number of hydrogen-bond donors (Lipinski definition) is 0. The van der Waals surface area contributed by atoms with Crippen LogP contribution in [0.1, 0.15) is 62.6 Å². The molecule has 4 rings (SSSR count). The van der Waals surface area contributed by atoms with Crippen molar-refractivity contribution in [1.29, 1.82) is 0 Å². The van der Waals surface area contributed by atoms with E-state index in [0.717, 1.165) is 37.7 Å². The van der Waals surface area contributed by atoms with Gasteiger partial charge in [-0.15, -0.1) is 0 Å². The quantitative estimate of drug-likeness (QED) is 0.555. The second-order valence-corrected chi connectivity index (χ2v) is 9.07. The first kappa shape index (κ1) is 24.0. The zero-order valence-electron chi connectivity index (χ0n) is 20.0. The van der Waals surface area contributed by atoms with Crippen LogP contribution in [0.5, 0.6) is 11.5 Å². The number of carbonyl (C=O) groups excluding carboxylic acids is 2. The molecule has 182 valence electrons. The average molecular weight is 469 g/mol. The van der Waals surface area contributed by atoms with Gasteiger partial charge in [0.05, 0.1) is 13.7 Å². The highest BCUT2D eigenvalue weighted by molar-refractivity contribution is 5.96. The first-order valence-corrected chi connectivity index (χ1v) is 12.2. The van der Waals surface area contributed by atoms with Crippen molar-refractivity contribution >= 4 is 11.8 Å². The molecule has 34 heavy (non-hydrogen) atoms. The van der Waals surface area contributed by atoms with Crippen LogP contribution in [-0.2, 0) is 16.1 Å². The van der Waals surface area contributed by atoms with Gasteiger partial charge in [-0.3, -0.25) is 9.59 Å². The zero-order chi connectivity index (χ0) is 24.1. The molecule has 0 N–H and O–H groups in total. The number of halogens is 1. The molecule has 2 fully saturated rings. The lowest BCUT2D eigenvalue weighted by Gasteiger charge is -2.44. The van der Waals surface area contributed by atoms with Crippen LogP contribution in [0.3, 0.4) is 0 Å². The molecular formula is C27H33FN2O4. The SMILES string of the molecule is CCCOc1ccc([C@H]2C(=O)N(C3CCCCC3)CC(=O)N2Cc2ccc(F)cc2)cc1OC. The van der Waals surface area contributed by atoms with Crippen LogP contribution in [-0.4, -0.2) is 47.9 Å². The summed E-state index contributed by atoms with van der Waals surface area (Å²) in [5.74, 6) is 0.625. The number of hydrogen-bond acceptors (Lipinski definition) is 4. The molecule has 1 saturated heterocycles. The van der Waals surface area contributed by atoms with Crippen molar-refractivity contribution in [3.8, 4) is 11.5 Å². The summed E-state index contributed by atoms with van der Waals surface area (Å²) in [7, 11) is 1.57. The van der Waals surface area contributed by atoms with Crippen LogP contribution in [0.4, 0.5) is 4.39 Å². The molecule has 0 radical (unpaired) electrons. The van der Waals surface area contributed by atoms with Crippen LogP contribution < -0.4 is 9.47 Å². The van der Waals surface area contributed by atoms with E-state index < -0.39 is 6.04 Å². The number of ether oxygens (including phenoxy) is 2. The maximum absolute atomic E-state index is 13.9. The van der Waals surface area contributed by atoms with Gasteiger partial charge in [-0.1, -0.05) is 44.4 Å². The summed E-state index contributed by atoms with van der Waals surface area (Å²) in [5.41, 5.74) is 1.45. The first-order valence-electron chi connectivity index (χ1n) is 12.2. The predicted molar refractivity (Wildman–Crippen MR) is 127 cm³/mol. The molecule has 1 saturated carbocycles. The van der Waals surface area contributed by atoms with E-state index in [4.69, 9.17) is 9.47 Å². The van der Waals surface area contributed by atoms with E-state index in [0.29, 0.717) is 23.7 Å². The molecular weight excluding hydrogens is 435 g/mol. The van der Waals surface area contributed by atoms with E-state index in [1.54, 1.807) is 41.2 Å². The van der Waals surface area contributed by atoms with Crippen molar-refractivity contribution in [1.82, 2.24) is 9.80 Å². The smallest absolute Gasteiger partial charge is 0.250 e. The van der Waals surface area contributed by atoms with Crippen molar-refractivity contribution in [2.24, 2.45) is 0 Å². The number of nitrogens with zero attached hydrogens (tertiary/aromatic N) is 2. The maximum atomic E-state index is 13.9. The lowest BCUT2D eigenvalue weighted by molar-refractivity contribution is -0.160. The van der Waals surface area contributed by atoms with Crippen molar-refractivity contribution in [2.45, 2.75) is 64.1 Å². The molecule has 2 aliphatic rings. The Labute approximate surface area is 200 Å². The van der Waals surface area contributed by atoms with E-state index in [9.17, 15) is 14.0 Å². The summed E-state index contributed by atoms with van der Waals surface area (Å²) in [4.78, 5) is 30.7. The Hall–Kier alpha value is -3.09. The number of methoxy groups -OCH3 is 1. The Morgan fingerprint density at radius 3 is 2.41 bits per heavy atom. The molecule has 0 unspecified atom stereocenters. The number of carbonyl (C=O) groups is 2. The van der Waals surface area contributed by atoms with Gasteiger partial charge in [0.1, 0.15) is 18.4 Å². The number of piperazine rings is 1. The molecule has 7 heteroatoms. The van der Waals surface area contributed by atoms with Gasteiger partial charge in [-0.25, -0.2) is 4.39 Å². The summed E-state index contributed by atoms with van der Waals surface area (Å²) in [6, 6.07) is 10.8. The number of benzene rings is 2. The van der Waals surface area contributed by atoms with Crippen molar-refractivity contribution in [2.75, 3.05) is 20.3 Å². The van der Waals surface area contributed by atoms with Crippen LogP contribution in [0.25, 0.3) is 0 Å². The molecule has 0 bridgehead atoms. The molecule has 2 aromatic rings. The zero-order valence-corrected chi connectivity index (χ0v) is 20.0. The molecule has 1 atom stereocenters. The summed E-state index contributed by atoms with van der Waals surface area (Å²) < 4.78 is 24.8. The summed E-state index contributed by atoms with van der Waals surface area (Å²) in [6.07, 6.45) is 6.03. The maximum Gasteiger partial charge on any atom is 0.250 e. The Morgan fingerprint density at radius 1 is 1.00 bits per heavy atom. The fourth-order valence-corrected chi connectivity index (χ4v) is 4.92. The fraction of sp³-hybridized carbons (Fsp3) is 0.481. The van der Waals surface area contributed by atoms with Gasteiger partial charge < -0.3 is 19.3 Å². The van der Waals surface area contributed by atoms with E-state index in [1.165, 1.54) is 18.6 Å². The van der Waals surface area contributed by atoms with Gasteiger partial charge in [-0.2, -0.15) is 0 Å². The van der Waals surface area contributed by atoms with Gasteiger partial charge in [0.15, 0.2) is 11.5 Å². The van der Waals surface area contributed by atoms with Crippen LogP contribution in [0.2, 0.25) is 0 Å². The molecule has 1 aliphatic heterocycles. The highest BCUT2D eigenvalue weighted by Gasteiger charge is 2.43. The summed E-state index contributed by atoms with van der Waals surface area (Å²) in [6.45, 7) is 2.89. The molecule has 0 spiro atoms. The molecule has 0 aromatic heterocycles. The van der Waals surface area contributed by atoms with Gasteiger partial charge in [0, 0.05) is 12.6 Å². The van der Waals surface area contributed by atoms with Gasteiger partial charge in [0.25, 0.3) is 5.91 Å². The van der Waals surface area contributed by atoms with Crippen LogP contribution >= 0.6 is 0 Å². The van der Waals surface area contributed by atoms with Crippen molar-refractivity contribution in [3.05, 3.63) is 59.4 Å². The van der Waals surface area contributed by atoms with E-state index >= 15 is 0 Å². The van der Waals surface area contributed by atoms with Crippen molar-refractivity contribution < 1.29 is 23.5 Å². The monoisotopic (exact) mass is 468 g/mol. The Morgan fingerprint density at radius 2 is 1.74 bits per heavy atom. The van der Waals surface area contributed by atoms with Crippen LogP contribution in [0, 0.1) is 5.82 Å². The second kappa shape index (κ2) is 10.9.